The molecule has 0 aliphatic carbocycles. The third-order valence-corrected chi connectivity index (χ3v) is 3.03. The van der Waals surface area contributed by atoms with Crippen molar-refractivity contribution in [3.8, 4) is 0 Å². The Morgan fingerprint density at radius 1 is 1.26 bits per heavy atom. The van der Waals surface area contributed by atoms with E-state index in [0.717, 1.165) is 19.6 Å². The van der Waals surface area contributed by atoms with Crippen LogP contribution in [0, 0.1) is 24.5 Å². The number of aryl methyl sites for hydroxylation is 1. The van der Waals surface area contributed by atoms with Crippen LogP contribution >= 0.6 is 0 Å². The van der Waals surface area contributed by atoms with Crippen LogP contribution in [-0.2, 0) is 6.54 Å². The van der Waals surface area contributed by atoms with Crippen LogP contribution in [0.25, 0.3) is 0 Å². The Morgan fingerprint density at radius 3 is 2.58 bits per heavy atom. The van der Waals surface area contributed by atoms with Gasteiger partial charge in [0.2, 0.25) is 0 Å². The molecule has 0 amide bonds. The van der Waals surface area contributed by atoms with E-state index in [0.29, 0.717) is 18.0 Å². The molecule has 0 atom stereocenters. The lowest BCUT2D eigenvalue weighted by Gasteiger charge is -2.18. The maximum absolute atomic E-state index is 13.8. The zero-order valence-corrected chi connectivity index (χ0v) is 12.3. The highest BCUT2D eigenvalue weighted by atomic mass is 19.1. The number of hydrogen-bond donors (Lipinski definition) is 1. The number of benzene rings is 1. The summed E-state index contributed by atoms with van der Waals surface area (Å²) in [6.07, 6.45) is 0. The second-order valence-corrected chi connectivity index (χ2v) is 5.49. The first-order chi connectivity index (χ1) is 8.91. The van der Waals surface area contributed by atoms with E-state index >= 15 is 0 Å². The predicted octanol–water partition coefficient (Wildman–Crippen LogP) is 2.95. The highest BCUT2D eigenvalue weighted by molar-refractivity contribution is 5.26. The number of likely N-dealkylation sites (N-methyl/N-ethyl adjacent to an activating group) is 1. The van der Waals surface area contributed by atoms with Crippen molar-refractivity contribution in [1.82, 2.24) is 10.2 Å². The van der Waals surface area contributed by atoms with Crippen LogP contribution in [0.15, 0.2) is 12.1 Å². The van der Waals surface area contributed by atoms with E-state index in [2.05, 4.69) is 19.2 Å². The molecule has 2 nitrogen and oxygen atoms in total. The van der Waals surface area contributed by atoms with Gasteiger partial charge in [0.05, 0.1) is 0 Å². The Hall–Kier alpha value is -1.00. The van der Waals surface area contributed by atoms with Crippen molar-refractivity contribution >= 4 is 0 Å². The lowest BCUT2D eigenvalue weighted by molar-refractivity contribution is 0.310. The molecule has 0 saturated carbocycles. The second-order valence-electron chi connectivity index (χ2n) is 5.49. The number of halogens is 2. The van der Waals surface area contributed by atoms with Crippen LogP contribution in [0.4, 0.5) is 8.78 Å². The fourth-order valence-corrected chi connectivity index (χ4v) is 1.87. The Kier molecular flexibility index (Phi) is 6.38. The molecule has 0 aliphatic rings. The summed E-state index contributed by atoms with van der Waals surface area (Å²) < 4.78 is 27.4. The molecular formula is C15H24F2N2. The van der Waals surface area contributed by atoms with E-state index in [4.69, 9.17) is 0 Å². The van der Waals surface area contributed by atoms with Crippen LogP contribution < -0.4 is 5.32 Å². The third kappa shape index (κ3) is 5.25. The fourth-order valence-electron chi connectivity index (χ4n) is 1.87. The molecule has 0 aromatic heterocycles. The van der Waals surface area contributed by atoms with Crippen molar-refractivity contribution in [3.63, 3.8) is 0 Å². The SMILES string of the molecule is Cc1ccc(F)c(CN(C)CCNCC(C)C)c1F. The monoisotopic (exact) mass is 270 g/mol. The van der Waals surface area contributed by atoms with Gasteiger partial charge in [-0.1, -0.05) is 19.9 Å². The maximum atomic E-state index is 13.8. The van der Waals surface area contributed by atoms with Gasteiger partial charge in [0.15, 0.2) is 0 Å². The molecule has 1 N–H and O–H groups in total. The molecule has 1 aromatic carbocycles. The summed E-state index contributed by atoms with van der Waals surface area (Å²) in [5.41, 5.74) is 0.647. The Bertz CT molecular complexity index is 405. The van der Waals surface area contributed by atoms with Crippen LogP contribution in [-0.4, -0.2) is 31.6 Å². The summed E-state index contributed by atoms with van der Waals surface area (Å²) in [7, 11) is 1.87. The summed E-state index contributed by atoms with van der Waals surface area (Å²) in [5, 5.41) is 3.31. The van der Waals surface area contributed by atoms with Gasteiger partial charge < -0.3 is 10.2 Å². The number of hydrogen-bond acceptors (Lipinski definition) is 2. The molecule has 4 heteroatoms. The van der Waals surface area contributed by atoms with Crippen molar-refractivity contribution in [3.05, 3.63) is 34.9 Å². The zero-order valence-electron chi connectivity index (χ0n) is 12.3. The van der Waals surface area contributed by atoms with Crippen molar-refractivity contribution < 1.29 is 8.78 Å². The number of nitrogens with zero attached hydrogens (tertiary/aromatic N) is 1. The van der Waals surface area contributed by atoms with Crippen LogP contribution in [0.5, 0.6) is 0 Å². The molecule has 19 heavy (non-hydrogen) atoms. The molecule has 0 aliphatic heterocycles. The second kappa shape index (κ2) is 7.56. The van der Waals surface area contributed by atoms with E-state index in [1.807, 2.05) is 11.9 Å². The van der Waals surface area contributed by atoms with Gasteiger partial charge >= 0.3 is 0 Å². The molecule has 0 radical (unpaired) electrons. The van der Waals surface area contributed by atoms with Crippen LogP contribution in [0.2, 0.25) is 0 Å². The standard InChI is InChI=1S/C15H24F2N2/c1-11(2)9-18-7-8-19(4)10-13-14(16)6-5-12(3)15(13)17/h5-6,11,18H,7-10H2,1-4H3. The molecule has 0 saturated heterocycles. The average Bonchev–Trinajstić information content (AvgIpc) is 2.35. The van der Waals surface area contributed by atoms with Gasteiger partial charge in [-0.2, -0.15) is 0 Å². The fraction of sp³-hybridized carbons (Fsp3) is 0.600. The normalized spacial score (nSPS) is 11.6. The minimum absolute atomic E-state index is 0.159. The maximum Gasteiger partial charge on any atom is 0.133 e. The van der Waals surface area contributed by atoms with Crippen LogP contribution in [0.1, 0.15) is 25.0 Å². The van der Waals surface area contributed by atoms with Gasteiger partial charge in [-0.3, -0.25) is 0 Å². The largest absolute Gasteiger partial charge is 0.315 e. The summed E-state index contributed by atoms with van der Waals surface area (Å²) in [5.74, 6) is -0.288. The molecule has 0 unspecified atom stereocenters. The summed E-state index contributed by atoms with van der Waals surface area (Å²) in [4.78, 5) is 1.92. The average molecular weight is 270 g/mol. The minimum Gasteiger partial charge on any atom is -0.315 e. The molecule has 1 rings (SSSR count). The van der Waals surface area contributed by atoms with Gasteiger partial charge in [0, 0.05) is 25.2 Å². The quantitative estimate of drug-likeness (QED) is 0.766. The lowest BCUT2D eigenvalue weighted by Crippen LogP contribution is -2.31. The summed E-state index contributed by atoms with van der Waals surface area (Å²) in [6, 6.07) is 2.80. The van der Waals surface area contributed by atoms with Crippen molar-refractivity contribution in [2.24, 2.45) is 5.92 Å². The van der Waals surface area contributed by atoms with E-state index in [1.54, 1.807) is 6.92 Å². The third-order valence-electron chi connectivity index (χ3n) is 3.03. The summed E-state index contributed by atoms with van der Waals surface area (Å²) >= 11 is 0. The first-order valence-corrected chi connectivity index (χ1v) is 6.74. The Labute approximate surface area is 114 Å². The number of nitrogens with one attached hydrogen (secondary N) is 1. The molecule has 0 spiro atoms. The van der Waals surface area contributed by atoms with Crippen molar-refractivity contribution in [2.45, 2.75) is 27.3 Å². The topological polar surface area (TPSA) is 15.3 Å². The minimum atomic E-state index is -0.468. The van der Waals surface area contributed by atoms with Gasteiger partial charge in [0.25, 0.3) is 0 Å². The van der Waals surface area contributed by atoms with E-state index in [9.17, 15) is 8.78 Å². The summed E-state index contributed by atoms with van der Waals surface area (Å²) in [6.45, 7) is 8.79. The Morgan fingerprint density at radius 2 is 1.95 bits per heavy atom. The van der Waals surface area contributed by atoms with Crippen molar-refractivity contribution in [1.29, 1.82) is 0 Å². The highest BCUT2D eigenvalue weighted by Gasteiger charge is 2.13. The Balaban J connectivity index is 2.48. The number of rotatable bonds is 7. The molecule has 108 valence electrons. The van der Waals surface area contributed by atoms with Crippen molar-refractivity contribution in [2.75, 3.05) is 26.7 Å². The molecule has 1 aromatic rings. The molecule has 0 bridgehead atoms. The van der Waals surface area contributed by atoms with Crippen LogP contribution in [0.3, 0.4) is 0 Å². The first-order valence-electron chi connectivity index (χ1n) is 6.74. The smallest absolute Gasteiger partial charge is 0.133 e. The lowest BCUT2D eigenvalue weighted by atomic mass is 10.1. The van der Waals surface area contributed by atoms with E-state index < -0.39 is 11.6 Å². The highest BCUT2D eigenvalue weighted by Crippen LogP contribution is 2.17. The van der Waals surface area contributed by atoms with Gasteiger partial charge in [-0.05, 0) is 38.1 Å². The zero-order chi connectivity index (χ0) is 14.4. The molecular weight excluding hydrogens is 246 g/mol. The molecule has 0 fully saturated rings. The molecule has 0 heterocycles. The first kappa shape index (κ1) is 16.1. The van der Waals surface area contributed by atoms with E-state index in [-0.39, 0.29) is 5.56 Å². The predicted molar refractivity (Wildman–Crippen MR) is 75.1 cm³/mol. The van der Waals surface area contributed by atoms with Gasteiger partial charge in [-0.15, -0.1) is 0 Å². The van der Waals surface area contributed by atoms with Gasteiger partial charge in [0.1, 0.15) is 11.6 Å². The van der Waals surface area contributed by atoms with E-state index in [1.165, 1.54) is 12.1 Å². The van der Waals surface area contributed by atoms with Gasteiger partial charge in [-0.25, -0.2) is 8.78 Å².